The molecule has 9 heteroatoms. The van der Waals surface area contributed by atoms with Crippen LogP contribution in [0.5, 0.6) is 0 Å². The van der Waals surface area contributed by atoms with Crippen LogP contribution in [0.25, 0.3) is 6.08 Å². The lowest BCUT2D eigenvalue weighted by Crippen LogP contribution is -2.22. The Bertz CT molecular complexity index is 1240. The van der Waals surface area contributed by atoms with Crippen LogP contribution in [0.4, 0.5) is 16.5 Å². The molecule has 156 valence electrons. The second kappa shape index (κ2) is 9.05. The maximum Gasteiger partial charge on any atom is 0.264 e. The Hall–Kier alpha value is -2.94. The zero-order valence-electron chi connectivity index (χ0n) is 16.6. The van der Waals surface area contributed by atoms with Gasteiger partial charge in [0.15, 0.2) is 10.3 Å². The summed E-state index contributed by atoms with van der Waals surface area (Å²) >= 11 is 8.64. The number of carbonyl (C=O) groups excluding carboxylic acids is 2. The van der Waals surface area contributed by atoms with Crippen LogP contribution in [0.15, 0.2) is 63.8 Å². The van der Waals surface area contributed by atoms with Crippen molar-refractivity contribution in [2.45, 2.75) is 13.8 Å². The molecule has 1 N–H and O–H groups in total. The summed E-state index contributed by atoms with van der Waals surface area (Å²) in [4.78, 5) is 35.7. The molecule has 6 nitrogen and oxygen atoms in total. The fourth-order valence-electron chi connectivity index (χ4n) is 2.90. The lowest BCUT2D eigenvalue weighted by molar-refractivity contribution is -0.116. The Labute approximate surface area is 192 Å². The molecule has 3 aromatic rings. The normalized spacial score (nSPS) is 16.0. The fraction of sp³-hybridized carbons (Fsp3) is 0.0909. The van der Waals surface area contributed by atoms with Gasteiger partial charge in [-0.3, -0.25) is 14.5 Å². The van der Waals surface area contributed by atoms with Gasteiger partial charge in [-0.2, -0.15) is 0 Å². The van der Waals surface area contributed by atoms with Gasteiger partial charge < -0.3 is 5.32 Å². The van der Waals surface area contributed by atoms with Gasteiger partial charge in [0, 0.05) is 17.3 Å². The molecule has 0 radical (unpaired) electrons. The smallest absolute Gasteiger partial charge is 0.264 e. The lowest BCUT2D eigenvalue weighted by atomic mass is 10.2. The zero-order valence-corrected chi connectivity index (χ0v) is 19.0. The molecule has 31 heavy (non-hydrogen) atoms. The number of nitrogens with zero attached hydrogens (tertiary/aromatic N) is 3. The Balaban J connectivity index is 1.58. The molecule has 2 aromatic carbocycles. The summed E-state index contributed by atoms with van der Waals surface area (Å²) in [5, 5.41) is 6.13. The summed E-state index contributed by atoms with van der Waals surface area (Å²) < 4.78 is 0. The van der Waals surface area contributed by atoms with Gasteiger partial charge in [0.05, 0.1) is 22.0 Å². The van der Waals surface area contributed by atoms with Crippen molar-refractivity contribution in [3.63, 3.8) is 0 Å². The minimum Gasteiger partial charge on any atom is -0.300 e. The second-order valence-corrected chi connectivity index (χ2v) is 8.96. The van der Waals surface area contributed by atoms with Crippen LogP contribution < -0.4 is 10.2 Å². The van der Waals surface area contributed by atoms with E-state index in [-0.39, 0.29) is 11.8 Å². The fourth-order valence-corrected chi connectivity index (χ4v) is 4.75. The maximum absolute atomic E-state index is 12.4. The van der Waals surface area contributed by atoms with E-state index in [9.17, 15) is 9.59 Å². The first kappa shape index (κ1) is 21.3. The molecule has 2 heterocycles. The van der Waals surface area contributed by atoms with E-state index in [2.05, 4.69) is 15.3 Å². The minimum atomic E-state index is -0.231. The van der Waals surface area contributed by atoms with Crippen molar-refractivity contribution < 1.29 is 9.59 Å². The number of nitrogens with one attached hydrogen (secondary N) is 1. The molecule has 0 spiro atoms. The average molecular weight is 469 g/mol. The number of carbonyl (C=O) groups is 2. The van der Waals surface area contributed by atoms with E-state index < -0.39 is 0 Å². The van der Waals surface area contributed by atoms with Crippen LogP contribution in [-0.2, 0) is 9.59 Å². The van der Waals surface area contributed by atoms with Crippen LogP contribution in [0.2, 0.25) is 5.02 Å². The molecule has 1 aliphatic rings. The van der Waals surface area contributed by atoms with Crippen molar-refractivity contribution in [1.82, 2.24) is 10.3 Å². The number of thioether (sulfide) groups is 1. The molecule has 1 aliphatic heterocycles. The second-order valence-electron chi connectivity index (χ2n) is 6.66. The van der Waals surface area contributed by atoms with E-state index >= 15 is 0 Å². The summed E-state index contributed by atoms with van der Waals surface area (Å²) in [6.07, 6.45) is 1.69. The number of para-hydroxylation sites is 1. The topological polar surface area (TPSA) is 74.7 Å². The van der Waals surface area contributed by atoms with Gasteiger partial charge in [0.25, 0.3) is 5.91 Å². The van der Waals surface area contributed by atoms with Crippen LogP contribution in [0, 0.1) is 6.92 Å². The third-order valence-electron chi connectivity index (χ3n) is 4.35. The summed E-state index contributed by atoms with van der Waals surface area (Å²) in [6.45, 7) is 3.43. The standard InChI is InChI=1S/C22H17ClN4O2S2/c1-13-6-3-4-9-18(13)25-21-26-20(29)19(31-21)11-16-12-30-22(24-16)27(14(2)28)17-8-5-7-15(23)10-17/h3-12H,1-2H3,(H,25,26,29)/b19-11-. The summed E-state index contributed by atoms with van der Waals surface area (Å²) in [6, 6.07) is 14.7. The van der Waals surface area contributed by atoms with E-state index in [1.165, 1.54) is 34.9 Å². The molecule has 4 rings (SSSR count). The number of rotatable bonds is 4. The van der Waals surface area contributed by atoms with Crippen molar-refractivity contribution in [2.24, 2.45) is 4.99 Å². The number of amides is 2. The minimum absolute atomic E-state index is 0.184. The molecule has 1 aromatic heterocycles. The monoisotopic (exact) mass is 468 g/mol. The number of thiazole rings is 1. The first-order chi connectivity index (χ1) is 14.9. The van der Waals surface area contributed by atoms with Crippen molar-refractivity contribution >= 4 is 74.3 Å². The summed E-state index contributed by atoms with van der Waals surface area (Å²) in [5.41, 5.74) is 3.05. The third kappa shape index (κ3) is 4.87. The Morgan fingerprint density at radius 3 is 2.77 bits per heavy atom. The number of amidine groups is 1. The number of anilines is 2. The third-order valence-corrected chi connectivity index (χ3v) is 6.34. The molecule has 0 bridgehead atoms. The quantitative estimate of drug-likeness (QED) is 0.500. The van der Waals surface area contributed by atoms with E-state index in [1.807, 2.05) is 31.2 Å². The van der Waals surface area contributed by atoms with Crippen molar-refractivity contribution in [2.75, 3.05) is 4.90 Å². The van der Waals surface area contributed by atoms with E-state index in [4.69, 9.17) is 11.6 Å². The molecular weight excluding hydrogens is 452 g/mol. The molecule has 1 saturated heterocycles. The summed E-state index contributed by atoms with van der Waals surface area (Å²) in [5.74, 6) is -0.415. The van der Waals surface area contributed by atoms with Gasteiger partial charge in [-0.05, 0) is 54.6 Å². The van der Waals surface area contributed by atoms with Gasteiger partial charge in [-0.25, -0.2) is 9.98 Å². The van der Waals surface area contributed by atoms with Crippen molar-refractivity contribution in [3.05, 3.63) is 75.1 Å². The molecule has 2 amide bonds. The first-order valence-corrected chi connectivity index (χ1v) is 11.3. The maximum atomic E-state index is 12.4. The lowest BCUT2D eigenvalue weighted by Gasteiger charge is -2.18. The van der Waals surface area contributed by atoms with E-state index in [1.54, 1.807) is 35.7 Å². The SMILES string of the molecule is CC(=O)N(c1cccc(Cl)c1)c1nc(/C=C2\SC(=Nc3ccccc3C)NC2=O)cs1. The van der Waals surface area contributed by atoms with Gasteiger partial charge in [0.2, 0.25) is 5.91 Å². The van der Waals surface area contributed by atoms with Gasteiger partial charge in [-0.15, -0.1) is 11.3 Å². The van der Waals surface area contributed by atoms with E-state index in [0.29, 0.717) is 31.6 Å². The highest BCUT2D eigenvalue weighted by Crippen LogP contribution is 2.33. The first-order valence-electron chi connectivity index (χ1n) is 9.28. The van der Waals surface area contributed by atoms with E-state index in [0.717, 1.165) is 11.3 Å². The number of hydrogen-bond donors (Lipinski definition) is 1. The molecular formula is C22H17ClN4O2S2. The number of hydrogen-bond acceptors (Lipinski definition) is 6. The van der Waals surface area contributed by atoms with Gasteiger partial charge in [-0.1, -0.05) is 35.9 Å². The predicted molar refractivity (Wildman–Crippen MR) is 128 cm³/mol. The molecule has 0 atom stereocenters. The Morgan fingerprint density at radius 2 is 2.03 bits per heavy atom. The van der Waals surface area contributed by atoms with Crippen LogP contribution in [0.1, 0.15) is 18.2 Å². The zero-order chi connectivity index (χ0) is 22.0. The van der Waals surface area contributed by atoms with Crippen molar-refractivity contribution in [1.29, 1.82) is 0 Å². The van der Waals surface area contributed by atoms with Crippen LogP contribution >= 0.6 is 34.7 Å². The average Bonchev–Trinajstić information content (AvgIpc) is 3.30. The van der Waals surface area contributed by atoms with Crippen LogP contribution in [0.3, 0.4) is 0 Å². The number of aryl methyl sites for hydroxylation is 1. The highest BCUT2D eigenvalue weighted by Gasteiger charge is 2.25. The number of aliphatic imine (C=N–C) groups is 1. The molecule has 0 saturated carbocycles. The van der Waals surface area contributed by atoms with Gasteiger partial charge in [0.1, 0.15) is 0 Å². The molecule has 1 fully saturated rings. The largest absolute Gasteiger partial charge is 0.300 e. The number of aromatic nitrogens is 1. The summed E-state index contributed by atoms with van der Waals surface area (Å²) in [7, 11) is 0. The highest BCUT2D eigenvalue weighted by molar-refractivity contribution is 8.18. The van der Waals surface area contributed by atoms with Crippen molar-refractivity contribution in [3.8, 4) is 0 Å². The number of halogens is 1. The predicted octanol–water partition coefficient (Wildman–Crippen LogP) is 5.68. The number of benzene rings is 2. The highest BCUT2D eigenvalue weighted by atomic mass is 35.5. The Morgan fingerprint density at radius 1 is 1.23 bits per heavy atom. The van der Waals surface area contributed by atoms with Gasteiger partial charge >= 0.3 is 0 Å². The molecule has 0 aliphatic carbocycles. The molecule has 0 unspecified atom stereocenters. The Kier molecular flexibility index (Phi) is 6.22. The van der Waals surface area contributed by atoms with Crippen LogP contribution in [-0.4, -0.2) is 22.0 Å².